The molecule has 1 amide bonds. The van der Waals surface area contributed by atoms with Gasteiger partial charge in [0.15, 0.2) is 0 Å². The summed E-state index contributed by atoms with van der Waals surface area (Å²) in [6.45, 7) is 3.69. The summed E-state index contributed by atoms with van der Waals surface area (Å²) in [7, 11) is 0. The molecule has 2 N–H and O–H groups in total. The van der Waals surface area contributed by atoms with Crippen LogP contribution in [0.2, 0.25) is 5.02 Å². The van der Waals surface area contributed by atoms with Crippen molar-refractivity contribution >= 4 is 34.0 Å². The molecule has 0 saturated heterocycles. The van der Waals surface area contributed by atoms with Crippen molar-refractivity contribution < 1.29 is 18.0 Å². The molecule has 8 heteroatoms. The maximum absolute atomic E-state index is 12.9. The number of halogens is 4. The van der Waals surface area contributed by atoms with Gasteiger partial charge in [0.05, 0.1) is 16.8 Å². The van der Waals surface area contributed by atoms with Crippen LogP contribution in [-0.4, -0.2) is 15.7 Å². The van der Waals surface area contributed by atoms with Crippen LogP contribution in [-0.2, 0) is 11.0 Å². The fourth-order valence-corrected chi connectivity index (χ4v) is 3.54. The van der Waals surface area contributed by atoms with E-state index in [0.29, 0.717) is 27.5 Å². The zero-order valence-electron chi connectivity index (χ0n) is 15.9. The van der Waals surface area contributed by atoms with E-state index in [0.717, 1.165) is 23.0 Å². The SMILES string of the molecule is C=C(C(N)=O)c1cc(Cl)cc(-n2nc(-c3ccc(C(F)(F)F)cc3)c3ccccc32)c1. The second kappa shape index (κ2) is 7.59. The average Bonchev–Trinajstić information content (AvgIpc) is 3.12. The average molecular weight is 442 g/mol. The lowest BCUT2D eigenvalue weighted by Gasteiger charge is -2.09. The number of benzene rings is 3. The lowest BCUT2D eigenvalue weighted by molar-refractivity contribution is -0.137. The Morgan fingerprint density at radius 1 is 1.03 bits per heavy atom. The normalized spacial score (nSPS) is 11.6. The topological polar surface area (TPSA) is 60.9 Å². The summed E-state index contributed by atoms with van der Waals surface area (Å²) in [5.74, 6) is -0.677. The molecule has 0 atom stereocenters. The van der Waals surface area contributed by atoms with Gasteiger partial charge < -0.3 is 5.73 Å². The molecule has 0 radical (unpaired) electrons. The molecule has 1 aromatic heterocycles. The van der Waals surface area contributed by atoms with Crippen molar-refractivity contribution in [2.45, 2.75) is 6.18 Å². The van der Waals surface area contributed by atoms with E-state index in [-0.39, 0.29) is 5.57 Å². The van der Waals surface area contributed by atoms with Crippen LogP contribution >= 0.6 is 11.6 Å². The predicted molar refractivity (Wildman–Crippen MR) is 115 cm³/mol. The smallest absolute Gasteiger partial charge is 0.366 e. The number of rotatable bonds is 4. The molecule has 4 aromatic rings. The van der Waals surface area contributed by atoms with Crippen LogP contribution in [0.25, 0.3) is 33.4 Å². The number of primary amides is 1. The highest BCUT2D eigenvalue weighted by atomic mass is 35.5. The number of carbonyl (C=O) groups is 1. The Balaban J connectivity index is 1.89. The van der Waals surface area contributed by atoms with Gasteiger partial charge in [-0.15, -0.1) is 0 Å². The lowest BCUT2D eigenvalue weighted by atomic mass is 10.1. The molecule has 4 rings (SSSR count). The van der Waals surface area contributed by atoms with E-state index in [2.05, 4.69) is 11.7 Å². The van der Waals surface area contributed by atoms with Crippen LogP contribution in [0.15, 0.2) is 73.3 Å². The molecule has 0 aliphatic heterocycles. The molecule has 0 fully saturated rings. The number of fused-ring (bicyclic) bond motifs is 1. The third-order valence-electron chi connectivity index (χ3n) is 4.85. The zero-order chi connectivity index (χ0) is 22.3. The largest absolute Gasteiger partial charge is 0.416 e. The standard InChI is InChI=1S/C23H15ClF3N3O/c1-13(22(28)31)15-10-17(24)12-18(11-15)30-20-5-3-2-4-19(20)21(29-30)14-6-8-16(9-7-14)23(25,26)27/h2-12H,1H2,(H2,28,31). The van der Waals surface area contributed by atoms with Gasteiger partial charge in [-0.1, -0.05) is 48.5 Å². The minimum atomic E-state index is -4.42. The summed E-state index contributed by atoms with van der Waals surface area (Å²) in [5, 5.41) is 5.74. The van der Waals surface area contributed by atoms with E-state index in [1.54, 1.807) is 22.9 Å². The molecule has 0 aliphatic rings. The third-order valence-corrected chi connectivity index (χ3v) is 5.06. The van der Waals surface area contributed by atoms with Gasteiger partial charge in [0.2, 0.25) is 5.91 Å². The van der Waals surface area contributed by atoms with Crippen LogP contribution in [0, 0.1) is 0 Å². The molecular weight excluding hydrogens is 427 g/mol. The number of hydrogen-bond donors (Lipinski definition) is 1. The highest BCUT2D eigenvalue weighted by Gasteiger charge is 2.30. The quantitative estimate of drug-likeness (QED) is 0.403. The minimum Gasteiger partial charge on any atom is -0.366 e. The molecular formula is C23H15ClF3N3O. The Hall–Kier alpha value is -3.58. The van der Waals surface area contributed by atoms with E-state index in [1.165, 1.54) is 12.1 Å². The number of alkyl halides is 3. The van der Waals surface area contributed by atoms with Gasteiger partial charge in [-0.3, -0.25) is 4.79 Å². The Morgan fingerprint density at radius 3 is 2.35 bits per heavy atom. The molecule has 3 aromatic carbocycles. The Morgan fingerprint density at radius 2 is 1.71 bits per heavy atom. The summed E-state index contributed by atoms with van der Waals surface area (Å²) in [5.41, 5.74) is 7.47. The predicted octanol–water partition coefficient (Wildman–Crippen LogP) is 5.86. The van der Waals surface area contributed by atoms with Crippen molar-refractivity contribution in [3.8, 4) is 16.9 Å². The number of aromatic nitrogens is 2. The Bertz CT molecular complexity index is 1320. The lowest BCUT2D eigenvalue weighted by Crippen LogP contribution is -2.12. The van der Waals surface area contributed by atoms with Gasteiger partial charge in [0.25, 0.3) is 0 Å². The first-order chi connectivity index (χ1) is 14.6. The van der Waals surface area contributed by atoms with Crippen molar-refractivity contribution in [2.24, 2.45) is 5.73 Å². The zero-order valence-corrected chi connectivity index (χ0v) is 16.7. The molecule has 0 unspecified atom stereocenters. The van der Waals surface area contributed by atoms with Crippen LogP contribution < -0.4 is 5.73 Å². The van der Waals surface area contributed by atoms with E-state index in [1.807, 2.05) is 24.3 Å². The van der Waals surface area contributed by atoms with E-state index in [4.69, 9.17) is 17.3 Å². The Labute approximate surface area is 180 Å². The molecule has 156 valence electrons. The van der Waals surface area contributed by atoms with Gasteiger partial charge >= 0.3 is 6.18 Å². The first-order valence-corrected chi connectivity index (χ1v) is 9.48. The van der Waals surface area contributed by atoms with Gasteiger partial charge in [0, 0.05) is 21.5 Å². The van der Waals surface area contributed by atoms with Crippen molar-refractivity contribution in [2.75, 3.05) is 0 Å². The second-order valence-corrected chi connectivity index (χ2v) is 7.33. The Kier molecular flexibility index (Phi) is 5.07. The monoisotopic (exact) mass is 441 g/mol. The summed E-state index contributed by atoms with van der Waals surface area (Å²) in [6, 6.07) is 17.0. The molecule has 0 bridgehead atoms. The van der Waals surface area contributed by atoms with Gasteiger partial charge in [-0.25, -0.2) is 4.68 Å². The number of nitrogens with two attached hydrogens (primary N) is 1. The summed E-state index contributed by atoms with van der Waals surface area (Å²) < 4.78 is 40.4. The van der Waals surface area contributed by atoms with Gasteiger partial charge in [0.1, 0.15) is 5.69 Å². The van der Waals surface area contributed by atoms with Crippen molar-refractivity contribution in [1.29, 1.82) is 0 Å². The van der Waals surface area contributed by atoms with Crippen LogP contribution in [0.5, 0.6) is 0 Å². The second-order valence-electron chi connectivity index (χ2n) is 6.89. The van der Waals surface area contributed by atoms with Gasteiger partial charge in [-0.2, -0.15) is 18.3 Å². The van der Waals surface area contributed by atoms with Gasteiger partial charge in [-0.05, 0) is 42.0 Å². The fraction of sp³-hybridized carbons (Fsp3) is 0.0435. The van der Waals surface area contributed by atoms with Crippen molar-refractivity contribution in [3.05, 3.63) is 89.5 Å². The summed E-state index contributed by atoms with van der Waals surface area (Å²) >= 11 is 6.24. The summed E-state index contributed by atoms with van der Waals surface area (Å²) in [6.07, 6.45) is -4.42. The maximum Gasteiger partial charge on any atom is 0.416 e. The molecule has 31 heavy (non-hydrogen) atoms. The fourth-order valence-electron chi connectivity index (χ4n) is 3.31. The number of nitrogens with zero attached hydrogens (tertiary/aromatic N) is 2. The van der Waals surface area contributed by atoms with Crippen LogP contribution in [0.3, 0.4) is 0 Å². The molecule has 0 aliphatic carbocycles. The number of amides is 1. The number of para-hydroxylation sites is 1. The third kappa shape index (κ3) is 3.92. The highest BCUT2D eigenvalue weighted by molar-refractivity contribution is 6.31. The molecule has 1 heterocycles. The molecule has 4 nitrogen and oxygen atoms in total. The summed E-state index contributed by atoms with van der Waals surface area (Å²) in [4.78, 5) is 11.5. The number of hydrogen-bond acceptors (Lipinski definition) is 2. The van der Waals surface area contributed by atoms with Crippen LogP contribution in [0.4, 0.5) is 13.2 Å². The first kappa shape index (κ1) is 20.7. The molecule has 0 saturated carbocycles. The molecule has 0 spiro atoms. The minimum absolute atomic E-state index is 0.100. The van der Waals surface area contributed by atoms with E-state index >= 15 is 0 Å². The van der Waals surface area contributed by atoms with E-state index in [9.17, 15) is 18.0 Å². The number of carbonyl (C=O) groups excluding carboxylic acids is 1. The maximum atomic E-state index is 12.9. The highest BCUT2D eigenvalue weighted by Crippen LogP contribution is 2.34. The van der Waals surface area contributed by atoms with E-state index < -0.39 is 17.6 Å². The first-order valence-electron chi connectivity index (χ1n) is 9.10. The van der Waals surface area contributed by atoms with Crippen molar-refractivity contribution in [3.63, 3.8) is 0 Å². The van der Waals surface area contributed by atoms with Crippen LogP contribution in [0.1, 0.15) is 11.1 Å². The van der Waals surface area contributed by atoms with Crippen molar-refractivity contribution in [1.82, 2.24) is 9.78 Å².